The molecular formula is C22H38N2O5Si. The number of carbonyl (C=O) groups is 3. The quantitative estimate of drug-likeness (QED) is 0.356. The lowest BCUT2D eigenvalue weighted by molar-refractivity contribution is -0.141. The molecule has 0 aromatic heterocycles. The van der Waals surface area contributed by atoms with Crippen LogP contribution in [0.25, 0.3) is 0 Å². The molecule has 30 heavy (non-hydrogen) atoms. The van der Waals surface area contributed by atoms with Gasteiger partial charge in [0.1, 0.15) is 12.4 Å². The van der Waals surface area contributed by atoms with E-state index in [2.05, 4.69) is 45.8 Å². The molecular weight excluding hydrogens is 400 g/mol. The molecule has 0 saturated carbocycles. The highest BCUT2D eigenvalue weighted by atomic mass is 28.4. The minimum absolute atomic E-state index is 0.0480. The predicted molar refractivity (Wildman–Crippen MR) is 119 cm³/mol. The Morgan fingerprint density at radius 1 is 1.37 bits per heavy atom. The highest BCUT2D eigenvalue weighted by Crippen LogP contribution is 2.39. The maximum Gasteiger partial charge on any atom is 0.410 e. The number of hydrogen-bond acceptors (Lipinski definition) is 5. The van der Waals surface area contributed by atoms with E-state index in [0.29, 0.717) is 13.0 Å². The van der Waals surface area contributed by atoms with E-state index >= 15 is 0 Å². The number of carbonyl (C=O) groups excluding carboxylic acids is 3. The van der Waals surface area contributed by atoms with E-state index in [1.54, 1.807) is 4.90 Å². The summed E-state index contributed by atoms with van der Waals surface area (Å²) in [5.41, 5.74) is 0. The first kappa shape index (κ1) is 24.6. The second-order valence-corrected chi connectivity index (χ2v) is 14.8. The van der Waals surface area contributed by atoms with Crippen molar-refractivity contribution in [3.8, 4) is 0 Å². The summed E-state index contributed by atoms with van der Waals surface area (Å²) in [6, 6.07) is -0.427. The molecule has 0 aromatic rings. The number of Topliss-reactive ketones (excluding diaryl/α,β-unsaturated/α-hetero) is 1. The Morgan fingerprint density at radius 3 is 2.53 bits per heavy atom. The predicted octanol–water partition coefficient (Wildman–Crippen LogP) is 3.50. The van der Waals surface area contributed by atoms with Gasteiger partial charge in [0.15, 0.2) is 8.32 Å². The molecule has 8 heteroatoms. The minimum atomic E-state index is -2.01. The summed E-state index contributed by atoms with van der Waals surface area (Å²) in [6.07, 6.45) is 1.76. The molecule has 5 atom stereocenters. The van der Waals surface area contributed by atoms with Crippen molar-refractivity contribution in [2.75, 3.05) is 13.2 Å². The zero-order chi connectivity index (χ0) is 22.9. The van der Waals surface area contributed by atoms with Gasteiger partial charge in [0, 0.05) is 31.0 Å². The Labute approximate surface area is 181 Å². The van der Waals surface area contributed by atoms with Gasteiger partial charge in [0.25, 0.3) is 0 Å². The van der Waals surface area contributed by atoms with Crippen LogP contribution in [0.15, 0.2) is 12.7 Å². The van der Waals surface area contributed by atoms with Crippen LogP contribution < -0.4 is 5.32 Å². The first-order valence-corrected chi connectivity index (χ1v) is 13.8. The Balaban J connectivity index is 1.96. The molecule has 2 aliphatic heterocycles. The third-order valence-corrected chi connectivity index (χ3v) is 11.6. The van der Waals surface area contributed by atoms with Crippen LogP contribution in [-0.2, 0) is 18.8 Å². The number of ether oxygens (including phenoxy) is 1. The largest absolute Gasteiger partial charge is 0.445 e. The van der Waals surface area contributed by atoms with Crippen molar-refractivity contribution in [1.29, 1.82) is 0 Å². The van der Waals surface area contributed by atoms with E-state index in [-0.39, 0.29) is 59.8 Å². The second kappa shape index (κ2) is 9.22. The van der Waals surface area contributed by atoms with Crippen LogP contribution in [0.3, 0.4) is 0 Å². The van der Waals surface area contributed by atoms with Crippen molar-refractivity contribution in [1.82, 2.24) is 10.2 Å². The maximum atomic E-state index is 13.0. The van der Waals surface area contributed by atoms with Crippen LogP contribution in [0.1, 0.15) is 47.5 Å². The van der Waals surface area contributed by atoms with Crippen LogP contribution in [0, 0.1) is 11.8 Å². The number of nitrogens with one attached hydrogen (secondary N) is 1. The number of amides is 2. The average molecular weight is 439 g/mol. The Hall–Kier alpha value is -1.67. The summed E-state index contributed by atoms with van der Waals surface area (Å²) >= 11 is 0. The number of nitrogens with zero attached hydrogens (tertiary/aromatic N) is 1. The highest BCUT2D eigenvalue weighted by molar-refractivity contribution is 6.74. The summed E-state index contributed by atoms with van der Waals surface area (Å²) < 4.78 is 11.5. The second-order valence-electron chi connectivity index (χ2n) is 10.1. The highest BCUT2D eigenvalue weighted by Gasteiger charge is 2.49. The third-order valence-electron chi connectivity index (χ3n) is 7.01. The maximum absolute atomic E-state index is 13.0. The van der Waals surface area contributed by atoms with Crippen molar-refractivity contribution in [3.05, 3.63) is 12.7 Å². The van der Waals surface area contributed by atoms with E-state index < -0.39 is 14.4 Å². The molecule has 0 aromatic carbocycles. The Bertz CT molecular complexity index is 688. The van der Waals surface area contributed by atoms with Crippen LogP contribution in [0.5, 0.6) is 0 Å². The van der Waals surface area contributed by atoms with Crippen LogP contribution in [0.2, 0.25) is 18.1 Å². The van der Waals surface area contributed by atoms with E-state index in [4.69, 9.17) is 9.16 Å². The van der Waals surface area contributed by atoms with Crippen molar-refractivity contribution < 1.29 is 23.5 Å². The molecule has 0 radical (unpaired) electrons. The molecule has 0 spiro atoms. The van der Waals surface area contributed by atoms with Gasteiger partial charge < -0.3 is 19.4 Å². The first-order valence-electron chi connectivity index (χ1n) is 10.9. The molecule has 2 aliphatic rings. The van der Waals surface area contributed by atoms with Gasteiger partial charge in [0.05, 0.1) is 12.0 Å². The number of ketones is 1. The smallest absolute Gasteiger partial charge is 0.410 e. The fraction of sp³-hybridized carbons (Fsp3) is 0.773. The minimum Gasteiger partial charge on any atom is -0.445 e. The molecule has 1 N–H and O–H groups in total. The summed E-state index contributed by atoms with van der Waals surface area (Å²) in [6.45, 7) is 18.9. The van der Waals surface area contributed by atoms with Crippen molar-refractivity contribution in [3.63, 3.8) is 0 Å². The van der Waals surface area contributed by atoms with Crippen molar-refractivity contribution in [2.45, 2.75) is 83.8 Å². The first-order chi connectivity index (χ1) is 13.8. The number of hydrogen-bond donors (Lipinski definition) is 1. The third kappa shape index (κ3) is 5.14. The fourth-order valence-corrected chi connectivity index (χ4v) is 5.53. The molecule has 7 nitrogen and oxygen atoms in total. The summed E-state index contributed by atoms with van der Waals surface area (Å²) in [5, 5.41) is 2.94. The number of likely N-dealkylation sites (tertiary alicyclic amines) is 1. The molecule has 0 bridgehead atoms. The molecule has 2 amide bonds. The summed E-state index contributed by atoms with van der Waals surface area (Å²) in [4.78, 5) is 39.0. The lowest BCUT2D eigenvalue weighted by Crippen LogP contribution is -2.64. The molecule has 2 rings (SSSR count). The lowest BCUT2D eigenvalue weighted by Gasteiger charge is -2.45. The molecule has 2 saturated heterocycles. The van der Waals surface area contributed by atoms with E-state index in [1.165, 1.54) is 6.08 Å². The van der Waals surface area contributed by atoms with E-state index in [1.807, 2.05) is 13.8 Å². The van der Waals surface area contributed by atoms with E-state index in [0.717, 1.165) is 0 Å². The lowest BCUT2D eigenvalue weighted by atomic mass is 9.80. The summed E-state index contributed by atoms with van der Waals surface area (Å²) in [5.74, 6) is -0.520. The topological polar surface area (TPSA) is 84.9 Å². The van der Waals surface area contributed by atoms with Gasteiger partial charge in [-0.2, -0.15) is 0 Å². The van der Waals surface area contributed by atoms with Gasteiger partial charge in [-0.1, -0.05) is 33.4 Å². The molecule has 170 valence electrons. The zero-order valence-corrected chi connectivity index (χ0v) is 20.5. The monoisotopic (exact) mass is 438 g/mol. The van der Waals surface area contributed by atoms with Crippen LogP contribution in [-0.4, -0.2) is 62.3 Å². The van der Waals surface area contributed by atoms with Crippen molar-refractivity contribution >= 4 is 26.1 Å². The zero-order valence-electron chi connectivity index (χ0n) is 19.5. The van der Waals surface area contributed by atoms with Gasteiger partial charge in [-0.15, -0.1) is 0 Å². The number of rotatable bonds is 8. The van der Waals surface area contributed by atoms with Crippen LogP contribution >= 0.6 is 0 Å². The Kier molecular flexibility index (Phi) is 7.56. The standard InChI is InChI=1S/C22H38N2O5Si/c1-9-12-28-21(27)24-11-10-16(14(24)2)18(25)13-17-19(20(26)23-17)15(3)29-30(7,8)22(4,5)6/h9,14-17,19H,1,10-13H2,2-8H3,(H,23,26). The van der Waals surface area contributed by atoms with Crippen LogP contribution in [0.4, 0.5) is 4.79 Å². The van der Waals surface area contributed by atoms with Gasteiger partial charge >= 0.3 is 6.09 Å². The van der Waals surface area contributed by atoms with Crippen molar-refractivity contribution in [2.24, 2.45) is 11.8 Å². The fourth-order valence-electron chi connectivity index (χ4n) is 4.10. The van der Waals surface area contributed by atoms with Gasteiger partial charge in [0.2, 0.25) is 5.91 Å². The van der Waals surface area contributed by atoms with Gasteiger partial charge in [-0.3, -0.25) is 9.59 Å². The summed E-state index contributed by atoms with van der Waals surface area (Å²) in [7, 11) is -2.01. The molecule has 2 heterocycles. The number of β-lactam (4-membered cyclic amide) rings is 1. The molecule has 5 unspecified atom stereocenters. The van der Waals surface area contributed by atoms with Gasteiger partial charge in [-0.05, 0) is 38.4 Å². The van der Waals surface area contributed by atoms with Gasteiger partial charge in [-0.25, -0.2) is 4.79 Å². The Morgan fingerprint density at radius 2 is 2.00 bits per heavy atom. The van der Waals surface area contributed by atoms with E-state index in [9.17, 15) is 14.4 Å². The SMILES string of the molecule is C=CCOC(=O)N1CCC(C(=O)CC2NC(=O)C2C(C)O[Si](C)(C)C(C)(C)C)C1C. The molecule has 2 fully saturated rings. The molecule has 0 aliphatic carbocycles. The normalized spacial score (nSPS) is 27.8. The average Bonchev–Trinajstić information content (AvgIpc) is 2.98.